The van der Waals surface area contributed by atoms with Gasteiger partial charge in [-0.25, -0.2) is 5.84 Å². The van der Waals surface area contributed by atoms with Gasteiger partial charge < -0.3 is 28.5 Å². The number of primary amides is 2. The number of carbonyl (C=O) groups is 2. The molecule has 9 nitrogen and oxygen atoms in total. The first-order valence-electron chi connectivity index (χ1n) is 10.1. The lowest BCUT2D eigenvalue weighted by Gasteiger charge is -2.39. The molecule has 0 aliphatic heterocycles. The van der Waals surface area contributed by atoms with Crippen molar-refractivity contribution in [3.05, 3.63) is 69.8 Å². The number of hydrogen-bond donors (Lipinski definition) is 6. The lowest BCUT2D eigenvalue weighted by molar-refractivity contribution is 0.0991. The standard InChI is InChI=1S/C22H27N7O2/c23-18(30)14-3-5-16-12(9-14)1-2-13-10-15(19(24)31)4-6-17(13)22(16,20(28-26)29-27)11-21(25)7-8-21/h3-6,9-10H,1-2,7-8,11,25-27H2,(H2,23,30)(H2,24,31)(H,28,29). The molecule has 0 radical (unpaired) electrons. The van der Waals surface area contributed by atoms with Crippen LogP contribution in [-0.2, 0) is 18.3 Å². The van der Waals surface area contributed by atoms with Crippen molar-refractivity contribution < 1.29 is 9.59 Å². The number of amidine groups is 1. The fourth-order valence-corrected chi connectivity index (χ4v) is 4.82. The van der Waals surface area contributed by atoms with E-state index < -0.39 is 22.8 Å². The Bertz CT molecular complexity index is 1040. The van der Waals surface area contributed by atoms with Crippen LogP contribution in [0.5, 0.6) is 0 Å². The summed E-state index contributed by atoms with van der Waals surface area (Å²) in [5.74, 6) is 11.1. The molecule has 4 rings (SSSR count). The maximum atomic E-state index is 11.8. The maximum absolute atomic E-state index is 11.8. The van der Waals surface area contributed by atoms with E-state index in [2.05, 4.69) is 10.5 Å². The minimum Gasteiger partial charge on any atom is -0.366 e. The third kappa shape index (κ3) is 3.41. The van der Waals surface area contributed by atoms with Gasteiger partial charge in [0.15, 0.2) is 5.84 Å². The highest BCUT2D eigenvalue weighted by Crippen LogP contribution is 2.50. The highest BCUT2D eigenvalue weighted by atomic mass is 16.1. The summed E-state index contributed by atoms with van der Waals surface area (Å²) in [5, 5.41) is 4.01. The fraction of sp³-hybridized carbons (Fsp3) is 0.318. The summed E-state index contributed by atoms with van der Waals surface area (Å²) in [6.45, 7) is 0. The molecule has 1 fully saturated rings. The zero-order chi connectivity index (χ0) is 22.4. The number of amides is 2. The molecule has 9 heteroatoms. The molecule has 2 amide bonds. The van der Waals surface area contributed by atoms with Gasteiger partial charge in [-0.1, -0.05) is 12.1 Å². The Balaban J connectivity index is 2.06. The van der Waals surface area contributed by atoms with Gasteiger partial charge in [0.25, 0.3) is 0 Å². The van der Waals surface area contributed by atoms with E-state index in [9.17, 15) is 9.59 Å². The van der Waals surface area contributed by atoms with Crippen LogP contribution in [0.15, 0.2) is 41.5 Å². The van der Waals surface area contributed by atoms with Gasteiger partial charge >= 0.3 is 0 Å². The highest BCUT2D eigenvalue weighted by Gasteiger charge is 2.52. The summed E-state index contributed by atoms with van der Waals surface area (Å²) in [4.78, 5) is 23.7. The quantitative estimate of drug-likeness (QED) is 0.169. The Hall–Kier alpha value is -3.43. The molecule has 31 heavy (non-hydrogen) atoms. The molecule has 2 aliphatic carbocycles. The largest absolute Gasteiger partial charge is 0.366 e. The summed E-state index contributed by atoms with van der Waals surface area (Å²) >= 11 is 0. The van der Waals surface area contributed by atoms with Gasteiger partial charge in [0.2, 0.25) is 11.8 Å². The molecule has 0 aromatic heterocycles. The third-order valence-electron chi connectivity index (χ3n) is 6.54. The second kappa shape index (κ2) is 7.36. The predicted octanol–water partition coefficient (Wildman–Crippen LogP) is -0.114. The molecule has 11 N–H and O–H groups in total. The highest BCUT2D eigenvalue weighted by molar-refractivity contribution is 5.99. The van der Waals surface area contributed by atoms with Crippen molar-refractivity contribution in [3.8, 4) is 0 Å². The number of aryl methyl sites for hydroxylation is 2. The van der Waals surface area contributed by atoms with Crippen molar-refractivity contribution in [2.24, 2.45) is 34.0 Å². The van der Waals surface area contributed by atoms with Crippen molar-refractivity contribution in [3.63, 3.8) is 0 Å². The monoisotopic (exact) mass is 421 g/mol. The molecule has 0 unspecified atom stereocenters. The van der Waals surface area contributed by atoms with Gasteiger partial charge in [-0.3, -0.25) is 9.59 Å². The lowest BCUT2D eigenvalue weighted by atomic mass is 9.66. The number of rotatable bonds is 5. The molecule has 0 spiro atoms. The Morgan fingerprint density at radius 2 is 1.42 bits per heavy atom. The Morgan fingerprint density at radius 3 is 1.77 bits per heavy atom. The summed E-state index contributed by atoms with van der Waals surface area (Å²) in [6.07, 6.45) is 3.47. The molecule has 0 bridgehead atoms. The van der Waals surface area contributed by atoms with Crippen LogP contribution < -0.4 is 34.3 Å². The molecule has 2 aromatic rings. The summed E-state index contributed by atoms with van der Waals surface area (Å²) < 4.78 is 0. The van der Waals surface area contributed by atoms with Gasteiger partial charge in [-0.05, 0) is 78.6 Å². The molecule has 0 atom stereocenters. The van der Waals surface area contributed by atoms with Crippen LogP contribution >= 0.6 is 0 Å². The van der Waals surface area contributed by atoms with Crippen LogP contribution in [0, 0.1) is 0 Å². The number of hydrazone groups is 1. The van der Waals surface area contributed by atoms with Gasteiger partial charge in [0.05, 0.1) is 5.41 Å². The fourth-order valence-electron chi connectivity index (χ4n) is 4.82. The van der Waals surface area contributed by atoms with Crippen molar-refractivity contribution in [1.82, 2.24) is 5.43 Å². The van der Waals surface area contributed by atoms with E-state index in [0.29, 0.717) is 36.2 Å². The van der Waals surface area contributed by atoms with Gasteiger partial charge in [0.1, 0.15) is 0 Å². The van der Waals surface area contributed by atoms with E-state index in [1.165, 1.54) is 0 Å². The van der Waals surface area contributed by atoms with E-state index in [1.54, 1.807) is 24.3 Å². The Labute approximate surface area is 180 Å². The van der Waals surface area contributed by atoms with Crippen LogP contribution in [-0.4, -0.2) is 23.2 Å². The number of hydrazine groups is 1. The van der Waals surface area contributed by atoms with Crippen molar-refractivity contribution in [1.29, 1.82) is 0 Å². The van der Waals surface area contributed by atoms with Crippen LogP contribution in [0.1, 0.15) is 62.2 Å². The van der Waals surface area contributed by atoms with Crippen molar-refractivity contribution in [2.75, 3.05) is 0 Å². The molecule has 2 aromatic carbocycles. The summed E-state index contributed by atoms with van der Waals surface area (Å²) in [5.41, 5.74) is 23.6. The average molecular weight is 422 g/mol. The van der Waals surface area contributed by atoms with E-state index in [0.717, 1.165) is 35.1 Å². The van der Waals surface area contributed by atoms with Gasteiger partial charge in [-0.15, -0.1) is 0 Å². The first kappa shape index (κ1) is 20.8. The molecule has 1 saturated carbocycles. The van der Waals surface area contributed by atoms with Crippen LogP contribution in [0.25, 0.3) is 0 Å². The second-order valence-electron chi connectivity index (χ2n) is 8.54. The van der Waals surface area contributed by atoms with Gasteiger partial charge in [0, 0.05) is 16.7 Å². The topological polar surface area (TPSA) is 189 Å². The minimum atomic E-state index is -0.887. The first-order chi connectivity index (χ1) is 14.7. The van der Waals surface area contributed by atoms with Crippen LogP contribution in [0.2, 0.25) is 0 Å². The third-order valence-corrected chi connectivity index (χ3v) is 6.54. The van der Waals surface area contributed by atoms with Crippen molar-refractivity contribution >= 4 is 17.6 Å². The smallest absolute Gasteiger partial charge is 0.248 e. The average Bonchev–Trinajstić information content (AvgIpc) is 3.49. The summed E-state index contributed by atoms with van der Waals surface area (Å²) in [6, 6.07) is 10.7. The zero-order valence-electron chi connectivity index (χ0n) is 17.2. The van der Waals surface area contributed by atoms with E-state index in [4.69, 9.17) is 28.9 Å². The first-order valence-corrected chi connectivity index (χ1v) is 10.1. The number of nitrogens with one attached hydrogen (secondary N) is 1. The lowest BCUT2D eigenvalue weighted by Crippen LogP contribution is -2.52. The van der Waals surface area contributed by atoms with E-state index in [-0.39, 0.29) is 0 Å². The number of fused-ring (bicyclic) bond motifs is 2. The Kier molecular flexibility index (Phi) is 4.95. The number of benzene rings is 2. The van der Waals surface area contributed by atoms with Gasteiger partial charge in [-0.2, -0.15) is 5.10 Å². The number of nitrogens with zero attached hydrogens (tertiary/aromatic N) is 1. The van der Waals surface area contributed by atoms with Crippen molar-refractivity contribution in [2.45, 2.75) is 43.1 Å². The summed E-state index contributed by atoms with van der Waals surface area (Å²) in [7, 11) is 0. The SMILES string of the molecule is NN=C(NN)C1(CC2(N)CC2)c2ccc(C(N)=O)cc2CCc2cc(C(N)=O)ccc21. The molecular weight excluding hydrogens is 394 g/mol. The Morgan fingerprint density at radius 1 is 0.935 bits per heavy atom. The molecular formula is C22H27N7O2. The number of nitrogens with two attached hydrogens (primary N) is 5. The second-order valence-corrected chi connectivity index (χ2v) is 8.54. The molecule has 0 heterocycles. The number of hydrogen-bond acceptors (Lipinski definition) is 6. The zero-order valence-corrected chi connectivity index (χ0v) is 17.2. The van der Waals surface area contributed by atoms with E-state index >= 15 is 0 Å². The molecule has 2 aliphatic rings. The maximum Gasteiger partial charge on any atom is 0.248 e. The van der Waals surface area contributed by atoms with Crippen LogP contribution in [0.3, 0.4) is 0 Å². The molecule has 0 saturated heterocycles. The molecule has 162 valence electrons. The normalized spacial score (nSPS) is 18.3. The van der Waals surface area contributed by atoms with E-state index in [1.807, 2.05) is 12.1 Å². The number of carbonyl (C=O) groups excluding carboxylic acids is 2. The minimum absolute atomic E-state index is 0.354. The predicted molar refractivity (Wildman–Crippen MR) is 118 cm³/mol. The van der Waals surface area contributed by atoms with Crippen LogP contribution in [0.4, 0.5) is 0 Å².